The zero-order valence-electron chi connectivity index (χ0n) is 6.33. The molecular weight excluding hydrogens is 162 g/mol. The summed E-state index contributed by atoms with van der Waals surface area (Å²) < 4.78 is 0. The molecule has 1 atom stereocenters. The minimum Gasteiger partial charge on any atom is -0.351 e. The van der Waals surface area contributed by atoms with E-state index >= 15 is 0 Å². The molecule has 0 aliphatic rings. The number of amides is 3. The molecule has 0 saturated heterocycles. The molecule has 0 aliphatic carbocycles. The van der Waals surface area contributed by atoms with Crippen LogP contribution in [0.15, 0.2) is 0 Å². The fraction of sp³-hybridized carbons (Fsp3) is 0.333. The molecule has 0 rings (SSSR count). The maximum absolute atomic E-state index is 10.8. The maximum Gasteiger partial charge on any atom is 0.318 e. The second-order valence-electron chi connectivity index (χ2n) is 2.03. The molecule has 0 spiro atoms. The Morgan fingerprint density at radius 1 is 1.50 bits per heavy atom. The highest BCUT2D eigenvalue weighted by Crippen LogP contribution is 1.95. The zero-order chi connectivity index (χ0) is 9.72. The summed E-state index contributed by atoms with van der Waals surface area (Å²) in [6.07, 6.45) is 0. The van der Waals surface area contributed by atoms with Crippen LogP contribution >= 0.6 is 0 Å². The summed E-state index contributed by atoms with van der Waals surface area (Å²) >= 11 is 0. The highest BCUT2D eigenvalue weighted by atomic mass is 16.2. The van der Waals surface area contributed by atoms with E-state index in [-0.39, 0.29) is 0 Å². The van der Waals surface area contributed by atoms with Gasteiger partial charge in [-0.15, -0.1) is 0 Å². The summed E-state index contributed by atoms with van der Waals surface area (Å²) in [7, 11) is 0. The molecule has 1 unspecified atom stereocenters. The Kier molecular flexibility index (Phi) is 3.43. The Morgan fingerprint density at radius 3 is 2.25 bits per heavy atom. The van der Waals surface area contributed by atoms with E-state index in [1.807, 2.05) is 0 Å². The molecule has 0 heterocycles. The lowest BCUT2D eigenvalue weighted by molar-refractivity contribution is -0.129. The van der Waals surface area contributed by atoms with Gasteiger partial charge in [0.2, 0.25) is 0 Å². The van der Waals surface area contributed by atoms with Gasteiger partial charge in [0.1, 0.15) is 0 Å². The summed E-state index contributed by atoms with van der Waals surface area (Å²) in [6.45, 7) is 1.08. The van der Waals surface area contributed by atoms with Gasteiger partial charge >= 0.3 is 6.03 Å². The molecule has 12 heavy (non-hydrogen) atoms. The number of hydrogen-bond donors (Lipinski definition) is 2. The van der Waals surface area contributed by atoms with Crippen LogP contribution in [0.4, 0.5) is 4.79 Å². The van der Waals surface area contributed by atoms with Gasteiger partial charge in [0, 0.05) is 0 Å². The molecule has 0 bridgehead atoms. The lowest BCUT2D eigenvalue weighted by atomic mass is 10.1. The van der Waals surface area contributed by atoms with E-state index in [1.54, 1.807) is 5.32 Å². The topological polar surface area (TPSA) is 113 Å². The molecular formula is C6H7N3O3. The minimum absolute atomic E-state index is 0.628. The van der Waals surface area contributed by atoms with Crippen molar-refractivity contribution >= 4 is 17.7 Å². The van der Waals surface area contributed by atoms with Crippen LogP contribution in [0.1, 0.15) is 6.92 Å². The number of urea groups is 1. The van der Waals surface area contributed by atoms with Crippen molar-refractivity contribution in [3.63, 3.8) is 0 Å². The van der Waals surface area contributed by atoms with Crippen molar-refractivity contribution in [2.75, 3.05) is 0 Å². The number of rotatable bonds is 2. The molecule has 3 amide bonds. The van der Waals surface area contributed by atoms with Gasteiger partial charge in [-0.05, 0) is 6.92 Å². The summed E-state index contributed by atoms with van der Waals surface area (Å²) in [5, 5.41) is 9.93. The Labute approximate surface area is 68.3 Å². The van der Waals surface area contributed by atoms with Crippen molar-refractivity contribution in [1.29, 1.82) is 5.26 Å². The van der Waals surface area contributed by atoms with Gasteiger partial charge in [-0.3, -0.25) is 14.9 Å². The molecule has 0 aromatic carbocycles. The fourth-order valence-electron chi connectivity index (χ4n) is 0.528. The predicted molar refractivity (Wildman–Crippen MR) is 37.5 cm³/mol. The van der Waals surface area contributed by atoms with Gasteiger partial charge in [-0.25, -0.2) is 4.79 Å². The second-order valence-corrected chi connectivity index (χ2v) is 2.03. The van der Waals surface area contributed by atoms with E-state index in [4.69, 9.17) is 5.26 Å². The monoisotopic (exact) mass is 169 g/mol. The van der Waals surface area contributed by atoms with Crippen LogP contribution in [0.5, 0.6) is 0 Å². The van der Waals surface area contributed by atoms with Crippen molar-refractivity contribution in [2.24, 2.45) is 11.7 Å². The van der Waals surface area contributed by atoms with Crippen LogP contribution in [-0.2, 0) is 9.59 Å². The van der Waals surface area contributed by atoms with Crippen LogP contribution in [-0.4, -0.2) is 17.7 Å². The summed E-state index contributed by atoms with van der Waals surface area (Å²) in [5.41, 5.74) is 4.59. The van der Waals surface area contributed by atoms with Gasteiger partial charge in [-0.1, -0.05) is 0 Å². The number of nitrogens with two attached hydrogens (primary N) is 1. The first-order chi connectivity index (χ1) is 5.49. The average molecular weight is 169 g/mol. The smallest absolute Gasteiger partial charge is 0.318 e. The van der Waals surface area contributed by atoms with Gasteiger partial charge < -0.3 is 5.73 Å². The summed E-state index contributed by atoms with van der Waals surface area (Å²) in [6, 6.07) is 0.355. The van der Waals surface area contributed by atoms with E-state index in [0.29, 0.717) is 0 Å². The van der Waals surface area contributed by atoms with Gasteiger partial charge in [-0.2, -0.15) is 5.26 Å². The number of carbonyl (C=O) groups excluding carboxylic acids is 3. The zero-order valence-corrected chi connectivity index (χ0v) is 6.33. The number of nitrogens with zero attached hydrogens (tertiary/aromatic N) is 1. The van der Waals surface area contributed by atoms with Crippen molar-refractivity contribution in [3.8, 4) is 6.07 Å². The Morgan fingerprint density at radius 2 is 2.00 bits per heavy atom. The SMILES string of the molecule is CC(=O)C(C#N)C(=O)NC(N)=O. The number of nitrogens with one attached hydrogen (secondary N) is 1. The second kappa shape index (κ2) is 4.08. The van der Waals surface area contributed by atoms with Gasteiger partial charge in [0.05, 0.1) is 6.07 Å². The normalized spacial score (nSPS) is 11.0. The van der Waals surface area contributed by atoms with Gasteiger partial charge in [0.25, 0.3) is 5.91 Å². The standard InChI is InChI=1S/C6H7N3O3/c1-3(10)4(2-7)5(11)9-6(8)12/h4H,1H3,(H3,8,9,11,12). The van der Waals surface area contributed by atoms with Crippen LogP contribution in [0.25, 0.3) is 0 Å². The number of Topliss-reactive ketones (excluding diaryl/α,β-unsaturated/α-hetero) is 1. The molecule has 0 radical (unpaired) electrons. The highest BCUT2D eigenvalue weighted by Gasteiger charge is 2.23. The average Bonchev–Trinajstić information content (AvgIpc) is 1.85. The lowest BCUT2D eigenvalue weighted by Gasteiger charge is -2.02. The van der Waals surface area contributed by atoms with Crippen molar-refractivity contribution in [3.05, 3.63) is 0 Å². The van der Waals surface area contributed by atoms with Gasteiger partial charge in [0.15, 0.2) is 11.7 Å². The number of nitriles is 1. The molecule has 0 saturated carbocycles. The maximum atomic E-state index is 10.8. The first kappa shape index (κ1) is 10.1. The van der Waals surface area contributed by atoms with E-state index in [2.05, 4.69) is 5.73 Å². The predicted octanol–water partition coefficient (Wildman–Crippen LogP) is -1.09. The molecule has 0 fully saturated rings. The first-order valence-electron chi connectivity index (χ1n) is 2.99. The van der Waals surface area contributed by atoms with Crippen LogP contribution in [0.2, 0.25) is 0 Å². The summed E-state index contributed by atoms with van der Waals surface area (Å²) in [4.78, 5) is 31.5. The van der Waals surface area contributed by atoms with Crippen LogP contribution in [0.3, 0.4) is 0 Å². The molecule has 0 aromatic rings. The van der Waals surface area contributed by atoms with Crippen molar-refractivity contribution < 1.29 is 14.4 Å². The fourth-order valence-corrected chi connectivity index (χ4v) is 0.528. The Bertz CT molecular complexity index is 266. The van der Waals surface area contributed by atoms with E-state index in [1.165, 1.54) is 6.07 Å². The Balaban J connectivity index is 4.36. The highest BCUT2D eigenvalue weighted by molar-refractivity contribution is 6.07. The van der Waals surface area contributed by atoms with E-state index in [0.717, 1.165) is 6.92 Å². The van der Waals surface area contributed by atoms with E-state index in [9.17, 15) is 14.4 Å². The number of carbonyl (C=O) groups is 3. The van der Waals surface area contributed by atoms with E-state index < -0.39 is 23.6 Å². The summed E-state index contributed by atoms with van der Waals surface area (Å²) in [5.74, 6) is -3.08. The molecule has 6 nitrogen and oxygen atoms in total. The number of ketones is 1. The van der Waals surface area contributed by atoms with Crippen LogP contribution < -0.4 is 11.1 Å². The van der Waals surface area contributed by atoms with Crippen LogP contribution in [0, 0.1) is 17.2 Å². The molecule has 0 aliphatic heterocycles. The molecule has 3 N–H and O–H groups in total. The molecule has 64 valence electrons. The third-order valence-electron chi connectivity index (χ3n) is 1.04. The number of imide groups is 1. The largest absolute Gasteiger partial charge is 0.351 e. The quantitative estimate of drug-likeness (QED) is 0.511. The third-order valence-corrected chi connectivity index (χ3v) is 1.04. The van der Waals surface area contributed by atoms with Crippen molar-refractivity contribution in [2.45, 2.75) is 6.92 Å². The molecule has 6 heteroatoms. The minimum atomic E-state index is -1.46. The lowest BCUT2D eigenvalue weighted by Crippen LogP contribution is -2.40. The number of primary amides is 1. The Hall–Kier alpha value is -1.90. The number of hydrogen-bond acceptors (Lipinski definition) is 4. The van der Waals surface area contributed by atoms with Crippen molar-refractivity contribution in [1.82, 2.24) is 5.32 Å². The first-order valence-corrected chi connectivity index (χ1v) is 2.99. The third kappa shape index (κ3) is 2.79. The molecule has 0 aromatic heterocycles.